The van der Waals surface area contributed by atoms with Gasteiger partial charge in [0.15, 0.2) is 6.23 Å². The number of fused-ring (bicyclic) bond motifs is 2. The Kier molecular flexibility index (Phi) is 6.81. The van der Waals surface area contributed by atoms with Crippen LogP contribution < -0.4 is 10.5 Å². The van der Waals surface area contributed by atoms with E-state index in [1.807, 2.05) is 7.05 Å². The lowest BCUT2D eigenvalue weighted by atomic mass is 9.76. The fourth-order valence-corrected chi connectivity index (χ4v) is 5.73. The van der Waals surface area contributed by atoms with E-state index in [-0.39, 0.29) is 5.75 Å². The van der Waals surface area contributed by atoms with Crippen LogP contribution in [-0.4, -0.2) is 83.9 Å². The van der Waals surface area contributed by atoms with Crippen molar-refractivity contribution >= 4 is 27.9 Å². The molecule has 1 aliphatic heterocycles. The van der Waals surface area contributed by atoms with E-state index in [1.165, 1.54) is 24.5 Å². The van der Waals surface area contributed by atoms with Crippen molar-refractivity contribution < 1.29 is 32.9 Å². The minimum Gasteiger partial charge on any atom is -0.406 e. The number of aromatic nitrogens is 5. The number of nitrogens with one attached hydrogen (secondary N) is 1. The Balaban J connectivity index is 0.999. The van der Waals surface area contributed by atoms with Crippen molar-refractivity contribution in [3.8, 4) is 5.75 Å². The van der Waals surface area contributed by atoms with Crippen molar-refractivity contribution in [1.29, 1.82) is 0 Å². The Bertz CT molecular complexity index is 1500. The summed E-state index contributed by atoms with van der Waals surface area (Å²) in [6, 6.07) is 6.15. The minimum absolute atomic E-state index is 0.293. The van der Waals surface area contributed by atoms with Gasteiger partial charge in [-0.05, 0) is 50.4 Å². The standard InChI is InChI=1S/C26H30F3N7O4/c1-35(11-19-21(37)22(38)25(39-19)36-7-6-16-23(30)31-12-32-24(16)36)14-8-13(9-14)2-5-20-33-17-4-3-15(10-18(17)34-20)40-26(27,28)29/h3-4,6-7,10,12-14,19,21-22,25,37-38H,2,5,8-9,11H2,1H3,(H,33,34)(H2,30,31,32)/t13-,14-,19-,21-,22-,25-/m1/s1. The lowest BCUT2D eigenvalue weighted by molar-refractivity contribution is -0.274. The van der Waals surface area contributed by atoms with Crippen LogP contribution in [0.4, 0.5) is 19.0 Å². The van der Waals surface area contributed by atoms with Crippen LogP contribution in [0.2, 0.25) is 0 Å². The van der Waals surface area contributed by atoms with E-state index in [4.69, 9.17) is 10.5 Å². The largest absolute Gasteiger partial charge is 0.573 e. The van der Waals surface area contributed by atoms with Crippen LogP contribution in [0.15, 0.2) is 36.8 Å². The van der Waals surface area contributed by atoms with Crippen molar-refractivity contribution in [3.05, 3.63) is 42.6 Å². The predicted octanol–water partition coefficient (Wildman–Crippen LogP) is 2.75. The number of aliphatic hydroxyl groups excluding tert-OH is 2. The van der Waals surface area contributed by atoms with Gasteiger partial charge in [-0.25, -0.2) is 15.0 Å². The zero-order valence-corrected chi connectivity index (χ0v) is 21.6. The molecular weight excluding hydrogens is 531 g/mol. The molecule has 1 saturated carbocycles. The molecule has 0 bridgehead atoms. The third-order valence-corrected chi connectivity index (χ3v) is 7.98. The number of hydrogen-bond donors (Lipinski definition) is 4. The Labute approximate surface area is 226 Å². The third kappa shape index (κ3) is 5.19. The Morgan fingerprint density at radius 3 is 2.77 bits per heavy atom. The number of rotatable bonds is 8. The van der Waals surface area contributed by atoms with Gasteiger partial charge >= 0.3 is 6.36 Å². The van der Waals surface area contributed by atoms with Crippen LogP contribution >= 0.6 is 0 Å². The molecule has 1 aliphatic carbocycles. The van der Waals surface area contributed by atoms with Gasteiger partial charge in [0.1, 0.15) is 47.7 Å². The number of aliphatic hydroxyl groups is 2. The van der Waals surface area contributed by atoms with E-state index in [1.54, 1.807) is 16.8 Å². The minimum atomic E-state index is -4.74. The van der Waals surface area contributed by atoms with Gasteiger partial charge in [0, 0.05) is 31.3 Å². The molecule has 0 amide bonds. The molecule has 11 nitrogen and oxygen atoms in total. The summed E-state index contributed by atoms with van der Waals surface area (Å²) < 4.78 is 49.2. The number of nitrogens with two attached hydrogens (primary N) is 1. The summed E-state index contributed by atoms with van der Waals surface area (Å²) in [6.45, 7) is 0.453. The number of hydrogen-bond acceptors (Lipinski definition) is 9. The van der Waals surface area contributed by atoms with Crippen LogP contribution in [0.5, 0.6) is 5.75 Å². The first kappa shape index (κ1) is 26.7. The van der Waals surface area contributed by atoms with E-state index in [9.17, 15) is 23.4 Å². The monoisotopic (exact) mass is 561 g/mol. The fourth-order valence-electron chi connectivity index (χ4n) is 5.73. The van der Waals surface area contributed by atoms with Crippen molar-refractivity contribution in [2.45, 2.75) is 62.6 Å². The molecule has 40 heavy (non-hydrogen) atoms. The second-order valence-electron chi connectivity index (χ2n) is 10.6. The highest BCUT2D eigenvalue weighted by molar-refractivity contribution is 5.86. The number of benzene rings is 1. The van der Waals surface area contributed by atoms with E-state index >= 15 is 0 Å². The summed E-state index contributed by atoms with van der Waals surface area (Å²) in [4.78, 5) is 18.0. The summed E-state index contributed by atoms with van der Waals surface area (Å²) >= 11 is 0. The van der Waals surface area contributed by atoms with Crippen LogP contribution in [0.3, 0.4) is 0 Å². The average Bonchev–Trinajstić information content (AvgIpc) is 3.54. The smallest absolute Gasteiger partial charge is 0.406 e. The number of imidazole rings is 1. The summed E-state index contributed by atoms with van der Waals surface area (Å²) in [7, 11) is 1.98. The van der Waals surface area contributed by atoms with Crippen LogP contribution in [0.1, 0.15) is 31.3 Å². The topological polar surface area (TPSA) is 148 Å². The van der Waals surface area contributed by atoms with Crippen molar-refractivity contribution in [3.63, 3.8) is 0 Å². The molecule has 6 rings (SSSR count). The number of anilines is 1. The molecule has 0 unspecified atom stereocenters. The van der Waals surface area contributed by atoms with Crippen molar-refractivity contribution in [2.75, 3.05) is 19.3 Å². The van der Waals surface area contributed by atoms with Crippen molar-refractivity contribution in [1.82, 2.24) is 29.4 Å². The first-order chi connectivity index (χ1) is 19.1. The third-order valence-electron chi connectivity index (χ3n) is 7.98. The molecule has 1 aromatic carbocycles. The SMILES string of the molecule is CN(C[C@H]1O[C@@H](n2ccc3c(N)ncnc32)[C@H](O)[C@@H]1O)[C@H]1C[C@H](CCc2nc3cc(OC(F)(F)F)ccc3[nH]2)C1. The molecular formula is C26H30F3N7O4. The molecule has 5 N–H and O–H groups in total. The van der Waals surface area contributed by atoms with Gasteiger partial charge < -0.3 is 39.9 Å². The number of ether oxygens (including phenoxy) is 2. The fraction of sp³-hybridized carbons (Fsp3) is 0.500. The maximum Gasteiger partial charge on any atom is 0.573 e. The number of aromatic amines is 1. The number of nitrogens with zero attached hydrogens (tertiary/aromatic N) is 5. The average molecular weight is 562 g/mol. The van der Waals surface area contributed by atoms with Crippen molar-refractivity contribution in [2.24, 2.45) is 5.92 Å². The van der Waals surface area contributed by atoms with Gasteiger partial charge in [0.2, 0.25) is 0 Å². The number of halogens is 3. The van der Waals surface area contributed by atoms with Crippen LogP contribution in [0, 0.1) is 5.92 Å². The van der Waals surface area contributed by atoms with Gasteiger partial charge in [-0.15, -0.1) is 13.2 Å². The van der Waals surface area contributed by atoms with Crippen LogP contribution in [-0.2, 0) is 11.2 Å². The second kappa shape index (κ2) is 10.2. The van der Waals surface area contributed by atoms with Gasteiger partial charge in [-0.1, -0.05) is 0 Å². The first-order valence-electron chi connectivity index (χ1n) is 13.1. The molecule has 2 aliphatic rings. The van der Waals surface area contributed by atoms with Gasteiger partial charge in [-0.2, -0.15) is 0 Å². The summed E-state index contributed by atoms with van der Waals surface area (Å²) in [5.74, 6) is 1.24. The first-order valence-corrected chi connectivity index (χ1v) is 13.1. The zero-order chi connectivity index (χ0) is 28.2. The molecule has 4 heterocycles. The van der Waals surface area contributed by atoms with Crippen LogP contribution in [0.25, 0.3) is 22.1 Å². The molecule has 4 aromatic rings. The highest BCUT2D eigenvalue weighted by Crippen LogP contribution is 2.37. The highest BCUT2D eigenvalue weighted by atomic mass is 19.4. The lowest BCUT2D eigenvalue weighted by Crippen LogP contribution is -2.47. The number of H-pyrrole nitrogens is 1. The molecule has 0 radical (unpaired) electrons. The van der Waals surface area contributed by atoms with Gasteiger partial charge in [-0.3, -0.25) is 0 Å². The summed E-state index contributed by atoms with van der Waals surface area (Å²) in [5, 5.41) is 22.1. The molecule has 214 valence electrons. The second-order valence-corrected chi connectivity index (χ2v) is 10.6. The molecule has 3 aromatic heterocycles. The van der Waals surface area contributed by atoms with Gasteiger partial charge in [0.05, 0.1) is 16.4 Å². The highest BCUT2D eigenvalue weighted by Gasteiger charge is 2.45. The number of alkyl halides is 3. The van der Waals surface area contributed by atoms with E-state index in [2.05, 4.69) is 29.6 Å². The quantitative estimate of drug-likeness (QED) is 0.255. The summed E-state index contributed by atoms with van der Waals surface area (Å²) in [6.07, 6.45) is -1.73. The number of aryl methyl sites for hydroxylation is 1. The zero-order valence-electron chi connectivity index (χ0n) is 21.6. The number of nitrogen functional groups attached to an aromatic ring is 1. The molecule has 14 heteroatoms. The Morgan fingerprint density at radius 1 is 1.20 bits per heavy atom. The van der Waals surface area contributed by atoms with E-state index in [0.717, 1.165) is 25.1 Å². The maximum atomic E-state index is 12.5. The molecule has 4 atom stereocenters. The molecule has 2 fully saturated rings. The Hall–Kier alpha value is -3.46. The van der Waals surface area contributed by atoms with E-state index < -0.39 is 30.9 Å². The summed E-state index contributed by atoms with van der Waals surface area (Å²) in [5.41, 5.74) is 7.54. The Morgan fingerprint density at radius 2 is 2.00 bits per heavy atom. The number of likely N-dealkylation sites (N-methyl/N-ethyl adjacent to an activating group) is 1. The lowest BCUT2D eigenvalue weighted by Gasteiger charge is -2.42. The maximum absolute atomic E-state index is 12.5. The van der Waals surface area contributed by atoms with E-state index in [0.29, 0.717) is 52.8 Å². The van der Waals surface area contributed by atoms with Gasteiger partial charge in [0.25, 0.3) is 0 Å². The molecule has 1 saturated heterocycles. The normalized spacial score (nSPS) is 27.1. The predicted molar refractivity (Wildman–Crippen MR) is 138 cm³/mol. The molecule has 0 spiro atoms.